The Hall–Kier alpha value is -2.83. The summed E-state index contributed by atoms with van der Waals surface area (Å²) in [6.07, 6.45) is 1.48. The van der Waals surface area contributed by atoms with Gasteiger partial charge in [-0.15, -0.1) is 0 Å². The van der Waals surface area contributed by atoms with Crippen molar-refractivity contribution >= 4 is 11.6 Å². The number of aromatic hydroxyl groups is 1. The van der Waals surface area contributed by atoms with Gasteiger partial charge in [0.05, 0.1) is 23.3 Å². The van der Waals surface area contributed by atoms with Crippen molar-refractivity contribution in [2.24, 2.45) is 0 Å². The molecule has 0 unspecified atom stereocenters. The van der Waals surface area contributed by atoms with E-state index in [9.17, 15) is 20.0 Å². The lowest BCUT2D eigenvalue weighted by Crippen LogP contribution is -2.26. The number of hydrogen-bond donors (Lipinski definition) is 1. The average Bonchev–Trinajstić information content (AvgIpc) is 2.90. The minimum absolute atomic E-state index is 0.117. The highest BCUT2D eigenvalue weighted by Crippen LogP contribution is 2.30. The van der Waals surface area contributed by atoms with Gasteiger partial charge in [0.25, 0.3) is 5.91 Å². The standard InChI is InChI=1S/C13H12N2O5/c1-14(8-9-4-3-7-20-9)13(17)10-5-2-6-11(12(10)16)15(18)19/h2-7,16H,8H2,1H3. The van der Waals surface area contributed by atoms with E-state index in [-0.39, 0.29) is 12.1 Å². The molecule has 0 radical (unpaired) electrons. The van der Waals surface area contributed by atoms with Crippen molar-refractivity contribution in [2.45, 2.75) is 6.54 Å². The zero-order valence-corrected chi connectivity index (χ0v) is 10.6. The van der Waals surface area contributed by atoms with Gasteiger partial charge in [0.2, 0.25) is 5.75 Å². The van der Waals surface area contributed by atoms with Crippen LogP contribution in [0.1, 0.15) is 16.1 Å². The molecule has 0 spiro atoms. The van der Waals surface area contributed by atoms with E-state index in [1.165, 1.54) is 30.3 Å². The first-order valence-corrected chi connectivity index (χ1v) is 5.75. The van der Waals surface area contributed by atoms with Gasteiger partial charge < -0.3 is 14.4 Å². The summed E-state index contributed by atoms with van der Waals surface area (Å²) in [5, 5.41) is 20.5. The molecule has 2 aromatic rings. The van der Waals surface area contributed by atoms with Gasteiger partial charge in [-0.2, -0.15) is 0 Å². The zero-order valence-electron chi connectivity index (χ0n) is 10.6. The number of nitrogens with zero attached hydrogens (tertiary/aromatic N) is 2. The first-order chi connectivity index (χ1) is 9.50. The van der Waals surface area contributed by atoms with Crippen molar-refractivity contribution in [1.29, 1.82) is 0 Å². The van der Waals surface area contributed by atoms with E-state index in [1.807, 2.05) is 0 Å². The van der Waals surface area contributed by atoms with E-state index in [2.05, 4.69) is 0 Å². The summed E-state index contributed by atoms with van der Waals surface area (Å²) >= 11 is 0. The summed E-state index contributed by atoms with van der Waals surface area (Å²) in [5.74, 6) is -0.581. The Labute approximate surface area is 114 Å². The second-order valence-electron chi connectivity index (χ2n) is 4.17. The SMILES string of the molecule is CN(Cc1ccco1)C(=O)c1cccc([N+](=O)[O-])c1O. The number of para-hydroxylation sites is 1. The topological polar surface area (TPSA) is 96.8 Å². The summed E-state index contributed by atoms with van der Waals surface area (Å²) in [5.41, 5.74) is -0.615. The van der Waals surface area contributed by atoms with Crippen LogP contribution in [0.2, 0.25) is 0 Å². The molecule has 7 nitrogen and oxygen atoms in total. The Kier molecular flexibility index (Phi) is 3.69. The fraction of sp³-hybridized carbons (Fsp3) is 0.154. The Balaban J connectivity index is 2.25. The zero-order chi connectivity index (χ0) is 14.7. The third kappa shape index (κ3) is 2.61. The highest BCUT2D eigenvalue weighted by Gasteiger charge is 2.23. The number of rotatable bonds is 4. The molecule has 1 heterocycles. The van der Waals surface area contributed by atoms with Crippen LogP contribution in [0, 0.1) is 10.1 Å². The highest BCUT2D eigenvalue weighted by molar-refractivity contribution is 5.97. The second-order valence-corrected chi connectivity index (χ2v) is 4.17. The van der Waals surface area contributed by atoms with Crippen molar-refractivity contribution in [3.63, 3.8) is 0 Å². The Morgan fingerprint density at radius 2 is 2.15 bits per heavy atom. The van der Waals surface area contributed by atoms with Crippen molar-refractivity contribution in [3.8, 4) is 5.75 Å². The summed E-state index contributed by atoms with van der Waals surface area (Å²) in [4.78, 5) is 23.5. The van der Waals surface area contributed by atoms with Gasteiger partial charge in [-0.05, 0) is 18.2 Å². The molecule has 0 saturated heterocycles. The van der Waals surface area contributed by atoms with Crippen LogP contribution in [-0.2, 0) is 6.54 Å². The molecule has 7 heteroatoms. The molecule has 0 aliphatic rings. The van der Waals surface area contributed by atoms with Gasteiger partial charge in [0.1, 0.15) is 5.76 Å². The molecule has 20 heavy (non-hydrogen) atoms. The van der Waals surface area contributed by atoms with Gasteiger partial charge in [-0.3, -0.25) is 14.9 Å². The number of nitro benzene ring substituents is 1. The van der Waals surface area contributed by atoms with E-state index < -0.39 is 22.3 Å². The molecule has 1 aromatic heterocycles. The van der Waals surface area contributed by atoms with E-state index >= 15 is 0 Å². The smallest absolute Gasteiger partial charge is 0.311 e. The summed E-state index contributed by atoms with van der Waals surface area (Å²) in [7, 11) is 1.52. The van der Waals surface area contributed by atoms with Crippen LogP contribution in [0.4, 0.5) is 5.69 Å². The molecule has 104 valence electrons. The normalized spacial score (nSPS) is 10.2. The molecule has 1 amide bonds. The monoisotopic (exact) mass is 276 g/mol. The van der Waals surface area contributed by atoms with Gasteiger partial charge >= 0.3 is 5.69 Å². The predicted molar refractivity (Wildman–Crippen MR) is 69.3 cm³/mol. The van der Waals surface area contributed by atoms with E-state index in [4.69, 9.17) is 4.42 Å². The molecule has 0 atom stereocenters. The molecular formula is C13H12N2O5. The summed E-state index contributed by atoms with van der Waals surface area (Å²) in [6, 6.07) is 7.23. The number of phenols is 1. The maximum Gasteiger partial charge on any atom is 0.311 e. The van der Waals surface area contributed by atoms with Crippen molar-refractivity contribution in [1.82, 2.24) is 4.90 Å². The largest absolute Gasteiger partial charge is 0.502 e. The Morgan fingerprint density at radius 3 is 2.75 bits per heavy atom. The maximum absolute atomic E-state index is 12.2. The predicted octanol–water partition coefficient (Wildman–Crippen LogP) is 2.17. The van der Waals surface area contributed by atoms with E-state index in [0.717, 1.165) is 6.07 Å². The van der Waals surface area contributed by atoms with Crippen LogP contribution in [-0.4, -0.2) is 27.9 Å². The number of amides is 1. The first kappa shape index (κ1) is 13.6. The van der Waals surface area contributed by atoms with E-state index in [1.54, 1.807) is 12.1 Å². The number of phenolic OH excluding ortho intramolecular Hbond substituents is 1. The lowest BCUT2D eigenvalue weighted by atomic mass is 10.1. The second kappa shape index (κ2) is 5.43. The van der Waals surface area contributed by atoms with Gasteiger partial charge in [0.15, 0.2) is 0 Å². The van der Waals surface area contributed by atoms with Crippen LogP contribution < -0.4 is 0 Å². The number of carbonyl (C=O) groups excluding carboxylic acids is 1. The summed E-state index contributed by atoms with van der Waals surface area (Å²) < 4.78 is 5.12. The van der Waals surface area contributed by atoms with Gasteiger partial charge in [-0.1, -0.05) is 6.07 Å². The first-order valence-electron chi connectivity index (χ1n) is 5.75. The molecule has 1 aromatic carbocycles. The molecule has 0 bridgehead atoms. The molecule has 0 saturated carbocycles. The molecule has 1 N–H and O–H groups in total. The lowest BCUT2D eigenvalue weighted by Gasteiger charge is -2.16. The fourth-order valence-electron chi connectivity index (χ4n) is 1.76. The average molecular weight is 276 g/mol. The lowest BCUT2D eigenvalue weighted by molar-refractivity contribution is -0.385. The third-order valence-corrected chi connectivity index (χ3v) is 2.76. The molecule has 0 fully saturated rings. The molecule has 0 aliphatic heterocycles. The number of nitro groups is 1. The minimum atomic E-state index is -0.737. The minimum Gasteiger partial charge on any atom is -0.502 e. The quantitative estimate of drug-likeness (QED) is 0.681. The van der Waals surface area contributed by atoms with Crippen molar-refractivity contribution < 1.29 is 19.2 Å². The van der Waals surface area contributed by atoms with Gasteiger partial charge in [-0.25, -0.2) is 0 Å². The number of benzene rings is 1. The molecule has 2 rings (SSSR count). The highest BCUT2D eigenvalue weighted by atomic mass is 16.6. The number of carbonyl (C=O) groups is 1. The van der Waals surface area contributed by atoms with Crippen LogP contribution in [0.3, 0.4) is 0 Å². The van der Waals surface area contributed by atoms with Crippen LogP contribution in [0.5, 0.6) is 5.75 Å². The molecular weight excluding hydrogens is 264 g/mol. The van der Waals surface area contributed by atoms with Crippen molar-refractivity contribution in [2.75, 3.05) is 7.05 Å². The number of furan rings is 1. The number of hydrogen-bond acceptors (Lipinski definition) is 5. The molecule has 0 aliphatic carbocycles. The van der Waals surface area contributed by atoms with Crippen molar-refractivity contribution in [3.05, 3.63) is 58.0 Å². The van der Waals surface area contributed by atoms with Crippen LogP contribution >= 0.6 is 0 Å². The van der Waals surface area contributed by atoms with E-state index in [0.29, 0.717) is 5.76 Å². The summed E-state index contributed by atoms with van der Waals surface area (Å²) in [6.45, 7) is 0.202. The Morgan fingerprint density at radius 1 is 1.40 bits per heavy atom. The fourth-order valence-corrected chi connectivity index (χ4v) is 1.76. The van der Waals surface area contributed by atoms with Gasteiger partial charge in [0, 0.05) is 13.1 Å². The van der Waals surface area contributed by atoms with Crippen LogP contribution in [0.15, 0.2) is 41.0 Å². The third-order valence-electron chi connectivity index (χ3n) is 2.76. The maximum atomic E-state index is 12.2. The van der Waals surface area contributed by atoms with Crippen LogP contribution in [0.25, 0.3) is 0 Å². The Bertz CT molecular complexity index is 636.